The zero-order valence-electron chi connectivity index (χ0n) is 13.2. The van der Waals surface area contributed by atoms with Crippen LogP contribution in [-0.4, -0.2) is 41.5 Å². The molecular weight excluding hydrogens is 342 g/mol. The molecule has 2 atom stereocenters. The van der Waals surface area contributed by atoms with E-state index in [9.17, 15) is 27.2 Å². The van der Waals surface area contributed by atoms with Crippen LogP contribution in [-0.2, 0) is 4.79 Å². The number of rotatable bonds is 2. The average Bonchev–Trinajstić information content (AvgIpc) is 2.53. The molecule has 134 valence electrons. The maximum Gasteiger partial charge on any atom is 0.408 e. The SMILES string of the molecule is CC(=O)NC1CCC(C(F)(F)F)N(C(=O)c2ccc(F)c(C#N)c2)C1. The van der Waals surface area contributed by atoms with Gasteiger partial charge in [-0.1, -0.05) is 0 Å². The van der Waals surface area contributed by atoms with Gasteiger partial charge in [-0.05, 0) is 31.0 Å². The van der Waals surface area contributed by atoms with Crippen molar-refractivity contribution in [3.63, 3.8) is 0 Å². The summed E-state index contributed by atoms with van der Waals surface area (Å²) in [6, 6.07) is 1.77. The van der Waals surface area contributed by atoms with Gasteiger partial charge in [0.05, 0.1) is 5.56 Å². The van der Waals surface area contributed by atoms with Crippen molar-refractivity contribution in [2.24, 2.45) is 0 Å². The summed E-state index contributed by atoms with van der Waals surface area (Å²) in [7, 11) is 0. The van der Waals surface area contributed by atoms with E-state index in [4.69, 9.17) is 5.26 Å². The molecule has 0 saturated carbocycles. The van der Waals surface area contributed by atoms with Crippen LogP contribution in [0.5, 0.6) is 0 Å². The monoisotopic (exact) mass is 357 g/mol. The van der Waals surface area contributed by atoms with Crippen LogP contribution < -0.4 is 5.32 Å². The molecule has 1 fully saturated rings. The molecule has 1 aromatic carbocycles. The second-order valence-corrected chi connectivity index (χ2v) is 5.80. The zero-order valence-corrected chi connectivity index (χ0v) is 13.2. The largest absolute Gasteiger partial charge is 0.408 e. The van der Waals surface area contributed by atoms with Crippen LogP contribution in [0.2, 0.25) is 0 Å². The van der Waals surface area contributed by atoms with E-state index in [1.54, 1.807) is 6.07 Å². The summed E-state index contributed by atoms with van der Waals surface area (Å²) >= 11 is 0. The standard InChI is InChI=1S/C16H15F4N3O2/c1-9(24)22-12-3-5-14(16(18,19)20)23(8-12)15(25)10-2-4-13(17)11(6-10)7-21/h2,4,6,12,14H,3,5,8H2,1H3,(H,22,24). The number of hydrogen-bond acceptors (Lipinski definition) is 3. The fourth-order valence-electron chi connectivity index (χ4n) is 2.85. The van der Waals surface area contributed by atoms with E-state index in [0.717, 1.165) is 18.2 Å². The lowest BCUT2D eigenvalue weighted by atomic mass is 9.96. The predicted octanol–water partition coefficient (Wildman–Crippen LogP) is 2.37. The molecule has 1 aromatic rings. The molecule has 2 unspecified atom stereocenters. The van der Waals surface area contributed by atoms with Crippen molar-refractivity contribution in [3.05, 3.63) is 35.1 Å². The third-order valence-electron chi connectivity index (χ3n) is 3.96. The molecule has 0 aliphatic carbocycles. The summed E-state index contributed by atoms with van der Waals surface area (Å²) in [6.45, 7) is 0.920. The van der Waals surface area contributed by atoms with Gasteiger partial charge in [-0.2, -0.15) is 18.4 Å². The van der Waals surface area contributed by atoms with Gasteiger partial charge in [0, 0.05) is 25.1 Å². The van der Waals surface area contributed by atoms with Crippen LogP contribution in [0, 0.1) is 17.1 Å². The highest BCUT2D eigenvalue weighted by Crippen LogP contribution is 2.33. The van der Waals surface area contributed by atoms with Gasteiger partial charge in [-0.15, -0.1) is 0 Å². The minimum Gasteiger partial charge on any atom is -0.352 e. The maximum absolute atomic E-state index is 13.4. The first-order chi connectivity index (χ1) is 11.6. The molecular formula is C16H15F4N3O2. The Morgan fingerprint density at radius 1 is 1.32 bits per heavy atom. The van der Waals surface area contributed by atoms with Crippen molar-refractivity contribution < 1.29 is 27.2 Å². The lowest BCUT2D eigenvalue weighted by molar-refractivity contribution is -0.184. The second kappa shape index (κ2) is 7.09. The first-order valence-electron chi connectivity index (χ1n) is 7.48. The van der Waals surface area contributed by atoms with Gasteiger partial charge in [-0.3, -0.25) is 9.59 Å². The van der Waals surface area contributed by atoms with E-state index < -0.39 is 41.5 Å². The molecule has 2 amide bonds. The number of likely N-dealkylation sites (tertiary alicyclic amines) is 1. The van der Waals surface area contributed by atoms with E-state index in [0.29, 0.717) is 4.90 Å². The van der Waals surface area contributed by atoms with Gasteiger partial charge in [0.1, 0.15) is 17.9 Å². The number of nitrogens with one attached hydrogen (secondary N) is 1. The third-order valence-corrected chi connectivity index (χ3v) is 3.96. The van der Waals surface area contributed by atoms with Crippen LogP contribution in [0.4, 0.5) is 17.6 Å². The molecule has 1 saturated heterocycles. The number of alkyl halides is 3. The summed E-state index contributed by atoms with van der Waals surface area (Å²) < 4.78 is 53.2. The number of amides is 2. The second-order valence-electron chi connectivity index (χ2n) is 5.80. The first-order valence-corrected chi connectivity index (χ1v) is 7.48. The van der Waals surface area contributed by atoms with Crippen LogP contribution >= 0.6 is 0 Å². The zero-order chi connectivity index (χ0) is 18.8. The minimum absolute atomic E-state index is 0.0837. The van der Waals surface area contributed by atoms with Crippen molar-refractivity contribution in [2.75, 3.05) is 6.54 Å². The molecule has 1 heterocycles. The lowest BCUT2D eigenvalue weighted by Gasteiger charge is -2.40. The number of hydrogen-bond donors (Lipinski definition) is 1. The van der Waals surface area contributed by atoms with Crippen LogP contribution in [0.15, 0.2) is 18.2 Å². The molecule has 0 bridgehead atoms. The highest BCUT2D eigenvalue weighted by Gasteiger charge is 2.48. The van der Waals surface area contributed by atoms with Crippen molar-refractivity contribution in [1.82, 2.24) is 10.2 Å². The van der Waals surface area contributed by atoms with Crippen molar-refractivity contribution in [2.45, 2.75) is 38.0 Å². The van der Waals surface area contributed by atoms with Gasteiger partial charge in [0.2, 0.25) is 5.91 Å². The van der Waals surface area contributed by atoms with Crippen LogP contribution in [0.3, 0.4) is 0 Å². The topological polar surface area (TPSA) is 73.2 Å². The number of nitrogens with zero attached hydrogens (tertiary/aromatic N) is 2. The molecule has 25 heavy (non-hydrogen) atoms. The van der Waals surface area contributed by atoms with Crippen LogP contribution in [0.1, 0.15) is 35.7 Å². The molecule has 9 heteroatoms. The summed E-state index contributed by atoms with van der Waals surface area (Å²) in [5.74, 6) is -2.23. The van der Waals surface area contributed by atoms with E-state index in [1.807, 2.05) is 0 Å². The number of nitriles is 1. The maximum atomic E-state index is 13.4. The molecule has 2 rings (SSSR count). The molecule has 1 aliphatic heterocycles. The van der Waals surface area contributed by atoms with Gasteiger partial charge < -0.3 is 10.2 Å². The smallest absolute Gasteiger partial charge is 0.352 e. The summed E-state index contributed by atoms with van der Waals surface area (Å²) in [5.41, 5.74) is -0.638. The number of benzene rings is 1. The predicted molar refractivity (Wildman–Crippen MR) is 78.8 cm³/mol. The van der Waals surface area contributed by atoms with Crippen molar-refractivity contribution in [3.8, 4) is 6.07 Å². The van der Waals surface area contributed by atoms with Crippen molar-refractivity contribution in [1.29, 1.82) is 5.26 Å². The summed E-state index contributed by atoms with van der Waals surface area (Å²) in [4.78, 5) is 24.3. The molecule has 0 spiro atoms. The number of halogens is 4. The summed E-state index contributed by atoms with van der Waals surface area (Å²) in [5, 5.41) is 11.3. The van der Waals surface area contributed by atoms with Gasteiger partial charge >= 0.3 is 6.18 Å². The number of piperidine rings is 1. The molecule has 0 radical (unpaired) electrons. The van der Waals surface area contributed by atoms with Gasteiger partial charge in [0.25, 0.3) is 5.91 Å². The van der Waals surface area contributed by atoms with E-state index >= 15 is 0 Å². The molecule has 5 nitrogen and oxygen atoms in total. The average molecular weight is 357 g/mol. The third kappa shape index (κ3) is 4.26. The Bertz CT molecular complexity index is 727. The van der Waals surface area contributed by atoms with E-state index in [1.165, 1.54) is 6.92 Å². The van der Waals surface area contributed by atoms with Crippen LogP contribution in [0.25, 0.3) is 0 Å². The highest BCUT2D eigenvalue weighted by atomic mass is 19.4. The Morgan fingerprint density at radius 2 is 2.00 bits per heavy atom. The van der Waals surface area contributed by atoms with E-state index in [2.05, 4.69) is 5.32 Å². The Kier molecular flexibility index (Phi) is 5.30. The normalized spacial score (nSPS) is 20.7. The number of carbonyl (C=O) groups excluding carboxylic acids is 2. The fraction of sp³-hybridized carbons (Fsp3) is 0.438. The molecule has 1 aliphatic rings. The Balaban J connectivity index is 2.33. The quantitative estimate of drug-likeness (QED) is 0.826. The molecule has 1 N–H and O–H groups in total. The Morgan fingerprint density at radius 3 is 2.56 bits per heavy atom. The fourth-order valence-corrected chi connectivity index (χ4v) is 2.85. The first kappa shape index (κ1) is 18.7. The minimum atomic E-state index is -4.63. The van der Waals surface area contributed by atoms with Gasteiger partial charge in [0.15, 0.2) is 0 Å². The van der Waals surface area contributed by atoms with Gasteiger partial charge in [-0.25, -0.2) is 4.39 Å². The summed E-state index contributed by atoms with van der Waals surface area (Å²) in [6.07, 6.45) is -4.90. The van der Waals surface area contributed by atoms with E-state index in [-0.39, 0.29) is 24.9 Å². The van der Waals surface area contributed by atoms with Crippen molar-refractivity contribution >= 4 is 11.8 Å². The molecule has 0 aromatic heterocycles. The number of carbonyl (C=O) groups is 2. The Labute approximate surface area is 141 Å². The lowest BCUT2D eigenvalue weighted by Crippen LogP contribution is -2.58. The highest BCUT2D eigenvalue weighted by molar-refractivity contribution is 5.95. The Hall–Kier alpha value is -2.63.